The molecule has 1 aromatic heterocycles. The SMILES string of the molecule is Nc1cc(C(=O)O)c(-c2ccc(F)cc2)cn1. The third-order valence-electron chi connectivity index (χ3n) is 2.31. The summed E-state index contributed by atoms with van der Waals surface area (Å²) >= 11 is 0. The van der Waals surface area contributed by atoms with Crippen molar-refractivity contribution >= 4 is 11.8 Å². The maximum absolute atomic E-state index is 12.8. The smallest absolute Gasteiger partial charge is 0.336 e. The Balaban J connectivity index is 2.58. The normalized spacial score (nSPS) is 10.2. The second kappa shape index (κ2) is 4.21. The molecule has 0 spiro atoms. The molecular weight excluding hydrogens is 223 g/mol. The molecule has 0 saturated carbocycles. The predicted molar refractivity (Wildman–Crippen MR) is 61.0 cm³/mol. The van der Waals surface area contributed by atoms with Crippen LogP contribution < -0.4 is 5.73 Å². The first kappa shape index (κ1) is 11.1. The first-order chi connectivity index (χ1) is 8.08. The Kier molecular flexibility index (Phi) is 2.74. The molecule has 2 aromatic rings. The number of hydrogen-bond acceptors (Lipinski definition) is 3. The summed E-state index contributed by atoms with van der Waals surface area (Å²) in [6.07, 6.45) is 1.37. The fourth-order valence-corrected chi connectivity index (χ4v) is 1.51. The molecule has 3 N–H and O–H groups in total. The number of aromatic nitrogens is 1. The molecule has 0 aliphatic carbocycles. The van der Waals surface area contributed by atoms with E-state index in [9.17, 15) is 9.18 Å². The number of benzene rings is 1. The predicted octanol–water partition coefficient (Wildman–Crippen LogP) is 2.17. The number of rotatable bonds is 2. The Morgan fingerprint density at radius 3 is 2.53 bits per heavy atom. The van der Waals surface area contributed by atoms with Crippen LogP contribution in [-0.2, 0) is 0 Å². The van der Waals surface area contributed by atoms with Crippen LogP contribution in [0.3, 0.4) is 0 Å². The zero-order valence-corrected chi connectivity index (χ0v) is 8.72. The quantitative estimate of drug-likeness (QED) is 0.831. The molecule has 0 radical (unpaired) electrons. The van der Waals surface area contributed by atoms with Crippen molar-refractivity contribution in [2.24, 2.45) is 0 Å². The molecule has 0 atom stereocenters. The number of nitrogen functional groups attached to an aromatic ring is 1. The van der Waals surface area contributed by atoms with Crippen molar-refractivity contribution in [2.75, 3.05) is 5.73 Å². The molecule has 17 heavy (non-hydrogen) atoms. The third kappa shape index (κ3) is 2.23. The number of anilines is 1. The molecule has 0 aliphatic rings. The van der Waals surface area contributed by atoms with E-state index in [0.29, 0.717) is 11.1 Å². The molecule has 0 saturated heterocycles. The van der Waals surface area contributed by atoms with E-state index in [1.54, 1.807) is 0 Å². The molecule has 1 heterocycles. The van der Waals surface area contributed by atoms with E-state index < -0.39 is 5.97 Å². The average molecular weight is 232 g/mol. The lowest BCUT2D eigenvalue weighted by Gasteiger charge is -2.06. The van der Waals surface area contributed by atoms with Gasteiger partial charge in [-0.1, -0.05) is 12.1 Å². The number of carbonyl (C=O) groups is 1. The van der Waals surface area contributed by atoms with E-state index in [-0.39, 0.29) is 17.2 Å². The summed E-state index contributed by atoms with van der Waals surface area (Å²) in [4.78, 5) is 14.9. The molecule has 1 aromatic carbocycles. The molecule has 0 bridgehead atoms. The summed E-state index contributed by atoms with van der Waals surface area (Å²) in [5.41, 5.74) is 6.47. The minimum atomic E-state index is -1.10. The number of halogens is 1. The van der Waals surface area contributed by atoms with Crippen molar-refractivity contribution in [3.63, 3.8) is 0 Å². The molecule has 0 amide bonds. The number of hydrogen-bond donors (Lipinski definition) is 2. The van der Waals surface area contributed by atoms with Crippen molar-refractivity contribution in [3.05, 3.63) is 47.9 Å². The fourth-order valence-electron chi connectivity index (χ4n) is 1.51. The number of pyridine rings is 1. The molecular formula is C12H9FN2O2. The molecule has 86 valence electrons. The van der Waals surface area contributed by atoms with Crippen LogP contribution in [0.2, 0.25) is 0 Å². The zero-order chi connectivity index (χ0) is 12.4. The third-order valence-corrected chi connectivity index (χ3v) is 2.31. The van der Waals surface area contributed by atoms with E-state index in [4.69, 9.17) is 10.8 Å². The van der Waals surface area contributed by atoms with Crippen molar-refractivity contribution in [1.82, 2.24) is 4.98 Å². The van der Waals surface area contributed by atoms with Crippen molar-refractivity contribution in [3.8, 4) is 11.1 Å². The Labute approximate surface area is 96.5 Å². The topological polar surface area (TPSA) is 76.2 Å². The summed E-state index contributed by atoms with van der Waals surface area (Å²) in [7, 11) is 0. The standard InChI is InChI=1S/C12H9FN2O2/c13-8-3-1-7(2-4-8)10-6-15-11(14)5-9(10)12(16)17/h1-6H,(H2,14,15)(H,16,17). The Morgan fingerprint density at radius 1 is 1.29 bits per heavy atom. The lowest BCUT2D eigenvalue weighted by atomic mass is 10.0. The lowest BCUT2D eigenvalue weighted by Crippen LogP contribution is -2.02. The van der Waals surface area contributed by atoms with Gasteiger partial charge in [0.2, 0.25) is 0 Å². The molecule has 5 heteroatoms. The molecule has 4 nitrogen and oxygen atoms in total. The van der Waals surface area contributed by atoms with Crippen LogP contribution in [-0.4, -0.2) is 16.1 Å². The minimum absolute atomic E-state index is 0.0455. The number of nitrogens with two attached hydrogens (primary N) is 1. The second-order valence-electron chi connectivity index (χ2n) is 3.47. The van der Waals surface area contributed by atoms with Gasteiger partial charge in [0.15, 0.2) is 0 Å². The van der Waals surface area contributed by atoms with E-state index in [2.05, 4.69) is 4.98 Å². The van der Waals surface area contributed by atoms with Gasteiger partial charge in [0.25, 0.3) is 0 Å². The number of carboxylic acids is 1. The highest BCUT2D eigenvalue weighted by Crippen LogP contribution is 2.24. The van der Waals surface area contributed by atoms with Crippen molar-refractivity contribution < 1.29 is 14.3 Å². The Bertz CT molecular complexity index is 567. The first-order valence-electron chi connectivity index (χ1n) is 4.82. The van der Waals surface area contributed by atoms with Crippen molar-refractivity contribution in [1.29, 1.82) is 0 Å². The Hall–Kier alpha value is -2.43. The number of nitrogens with zero attached hydrogens (tertiary/aromatic N) is 1. The second-order valence-corrected chi connectivity index (χ2v) is 3.47. The number of carboxylic acid groups (broad SMARTS) is 1. The van der Waals surface area contributed by atoms with E-state index >= 15 is 0 Å². The first-order valence-corrected chi connectivity index (χ1v) is 4.82. The van der Waals surface area contributed by atoms with E-state index in [0.717, 1.165) is 0 Å². The molecule has 0 unspecified atom stereocenters. The molecule has 0 fully saturated rings. The van der Waals surface area contributed by atoms with Gasteiger partial charge in [0, 0.05) is 11.8 Å². The highest BCUT2D eigenvalue weighted by molar-refractivity contribution is 5.96. The summed E-state index contributed by atoms with van der Waals surface area (Å²) in [6, 6.07) is 6.79. The monoisotopic (exact) mass is 232 g/mol. The summed E-state index contributed by atoms with van der Waals surface area (Å²) in [6.45, 7) is 0. The molecule has 0 aliphatic heterocycles. The van der Waals surface area contributed by atoms with Crippen LogP contribution in [0, 0.1) is 5.82 Å². The van der Waals surface area contributed by atoms with Crippen LogP contribution in [0.25, 0.3) is 11.1 Å². The van der Waals surface area contributed by atoms with Crippen LogP contribution in [0.15, 0.2) is 36.5 Å². The van der Waals surface area contributed by atoms with Crippen LogP contribution in [0.5, 0.6) is 0 Å². The van der Waals surface area contributed by atoms with Crippen LogP contribution in [0.1, 0.15) is 10.4 Å². The van der Waals surface area contributed by atoms with Gasteiger partial charge in [-0.05, 0) is 23.8 Å². The summed E-state index contributed by atoms with van der Waals surface area (Å²) < 4.78 is 12.8. The van der Waals surface area contributed by atoms with Gasteiger partial charge in [-0.25, -0.2) is 14.2 Å². The Morgan fingerprint density at radius 2 is 1.94 bits per heavy atom. The van der Waals surface area contributed by atoms with Gasteiger partial charge in [-0.2, -0.15) is 0 Å². The van der Waals surface area contributed by atoms with Gasteiger partial charge in [-0.15, -0.1) is 0 Å². The van der Waals surface area contributed by atoms with Gasteiger partial charge < -0.3 is 10.8 Å². The maximum atomic E-state index is 12.8. The number of aromatic carboxylic acids is 1. The van der Waals surface area contributed by atoms with E-state index in [1.165, 1.54) is 36.5 Å². The van der Waals surface area contributed by atoms with Gasteiger partial charge in [0.1, 0.15) is 11.6 Å². The summed E-state index contributed by atoms with van der Waals surface area (Å²) in [5.74, 6) is -1.35. The minimum Gasteiger partial charge on any atom is -0.478 e. The van der Waals surface area contributed by atoms with Crippen molar-refractivity contribution in [2.45, 2.75) is 0 Å². The summed E-state index contributed by atoms with van der Waals surface area (Å²) in [5, 5.41) is 9.05. The van der Waals surface area contributed by atoms with Crippen LogP contribution >= 0.6 is 0 Å². The van der Waals surface area contributed by atoms with E-state index in [1.807, 2.05) is 0 Å². The average Bonchev–Trinajstić information content (AvgIpc) is 2.30. The van der Waals surface area contributed by atoms with Gasteiger partial charge in [0.05, 0.1) is 5.56 Å². The maximum Gasteiger partial charge on any atom is 0.336 e. The lowest BCUT2D eigenvalue weighted by molar-refractivity contribution is 0.0697. The molecule has 2 rings (SSSR count). The highest BCUT2D eigenvalue weighted by atomic mass is 19.1. The highest BCUT2D eigenvalue weighted by Gasteiger charge is 2.12. The zero-order valence-electron chi connectivity index (χ0n) is 8.72. The van der Waals surface area contributed by atoms with Crippen LogP contribution in [0.4, 0.5) is 10.2 Å². The van der Waals surface area contributed by atoms with Gasteiger partial charge >= 0.3 is 5.97 Å². The van der Waals surface area contributed by atoms with Gasteiger partial charge in [-0.3, -0.25) is 0 Å². The fraction of sp³-hybridized carbons (Fsp3) is 0. The largest absolute Gasteiger partial charge is 0.478 e.